The van der Waals surface area contributed by atoms with E-state index < -0.39 is 11.7 Å². The lowest BCUT2D eigenvalue weighted by Crippen LogP contribution is -2.48. The third-order valence-electron chi connectivity index (χ3n) is 8.30. The second kappa shape index (κ2) is 10.8. The number of nitrogens with zero attached hydrogens (tertiary/aromatic N) is 6. The van der Waals surface area contributed by atoms with Gasteiger partial charge in [0.15, 0.2) is 0 Å². The maximum Gasteiger partial charge on any atom is 0.416 e. The molecule has 4 aliphatic rings. The highest BCUT2D eigenvalue weighted by atomic mass is 19.4. The highest BCUT2D eigenvalue weighted by Crippen LogP contribution is 2.35. The second-order valence-electron chi connectivity index (χ2n) is 11.0. The van der Waals surface area contributed by atoms with Crippen molar-refractivity contribution in [2.24, 2.45) is 4.99 Å². The van der Waals surface area contributed by atoms with Gasteiger partial charge in [-0.05, 0) is 67.8 Å². The Hall–Kier alpha value is -3.17. The fourth-order valence-electron chi connectivity index (χ4n) is 6.21. The molecule has 39 heavy (non-hydrogen) atoms. The Balaban J connectivity index is 1.23. The number of halogens is 3. The van der Waals surface area contributed by atoms with Gasteiger partial charge in [0.2, 0.25) is 0 Å². The van der Waals surface area contributed by atoms with E-state index in [1.165, 1.54) is 23.5 Å². The van der Waals surface area contributed by atoms with Crippen LogP contribution in [0.15, 0.2) is 71.6 Å². The van der Waals surface area contributed by atoms with E-state index in [0.29, 0.717) is 13.1 Å². The molecular formula is C30H35F3N6. The number of aryl methyl sites for hydroxylation is 1. The first kappa shape index (κ1) is 26.1. The van der Waals surface area contributed by atoms with Crippen molar-refractivity contribution in [2.45, 2.75) is 44.1 Å². The van der Waals surface area contributed by atoms with Gasteiger partial charge < -0.3 is 14.7 Å². The molecule has 4 heterocycles. The van der Waals surface area contributed by atoms with Crippen molar-refractivity contribution in [3.05, 3.63) is 89.0 Å². The lowest BCUT2D eigenvalue weighted by Gasteiger charge is -2.40. The molecule has 0 N–H and O–H groups in total. The summed E-state index contributed by atoms with van der Waals surface area (Å²) in [4.78, 5) is 19.4. The van der Waals surface area contributed by atoms with Gasteiger partial charge in [-0.15, -0.1) is 0 Å². The minimum Gasteiger partial charge on any atom is -0.355 e. The van der Waals surface area contributed by atoms with Gasteiger partial charge in [-0.3, -0.25) is 14.9 Å². The number of pyridine rings is 1. The number of amidine groups is 1. The summed E-state index contributed by atoms with van der Waals surface area (Å²) in [5, 5.41) is 0. The van der Waals surface area contributed by atoms with Crippen molar-refractivity contribution in [3.63, 3.8) is 0 Å². The Kier molecular flexibility index (Phi) is 7.20. The summed E-state index contributed by atoms with van der Waals surface area (Å²) in [5.41, 5.74) is 2.62. The Morgan fingerprint density at radius 3 is 2.62 bits per heavy atom. The van der Waals surface area contributed by atoms with E-state index in [0.717, 1.165) is 69.1 Å². The molecule has 206 valence electrons. The van der Waals surface area contributed by atoms with E-state index in [2.05, 4.69) is 50.9 Å². The van der Waals surface area contributed by atoms with Gasteiger partial charge in [0.25, 0.3) is 0 Å². The zero-order chi connectivity index (χ0) is 27.0. The second-order valence-corrected chi connectivity index (χ2v) is 11.0. The van der Waals surface area contributed by atoms with Crippen LogP contribution >= 0.6 is 0 Å². The molecule has 9 heteroatoms. The molecule has 0 radical (unpaired) electrons. The zero-order valence-electron chi connectivity index (χ0n) is 22.3. The number of alkyl halides is 3. The number of aromatic nitrogens is 1. The van der Waals surface area contributed by atoms with E-state index in [4.69, 9.17) is 9.98 Å². The third kappa shape index (κ3) is 5.61. The molecule has 0 amide bonds. The van der Waals surface area contributed by atoms with Crippen LogP contribution in [-0.2, 0) is 19.1 Å². The minimum absolute atomic E-state index is 0.0575. The van der Waals surface area contributed by atoms with Gasteiger partial charge in [-0.2, -0.15) is 13.2 Å². The summed E-state index contributed by atoms with van der Waals surface area (Å²) in [7, 11) is 2.16. The standard InChI is InChI=1S/C30H35F3N6/c1-36-15-17-37(18-16-36)28-9-3-8-27-35-25(21-39(27)28)20-38(19-22-10-12-24(13-11-22)30(31,32)33)26-7-2-5-23-6-4-14-34-29(23)26/h3-4,6,8-14,25-26H,2,5,7,15-21H2,1H3/t25?,26-/m0/s1. The summed E-state index contributed by atoms with van der Waals surface area (Å²) >= 11 is 0. The SMILES string of the molecule is CN1CCN(C2=CC=CC3=NC(CN(Cc4ccc(C(F)(F)F)cc4)[C@H]4CCCc5cccnc54)CN23)CC1. The van der Waals surface area contributed by atoms with Gasteiger partial charge in [-0.1, -0.05) is 24.3 Å². The average Bonchev–Trinajstić information content (AvgIpc) is 3.35. The molecule has 3 aliphatic heterocycles. The van der Waals surface area contributed by atoms with E-state index in [1.54, 1.807) is 12.1 Å². The minimum atomic E-state index is -4.34. The lowest BCUT2D eigenvalue weighted by molar-refractivity contribution is -0.137. The normalized spacial score (nSPS) is 23.5. The molecule has 1 saturated heterocycles. The quantitative estimate of drug-likeness (QED) is 0.534. The van der Waals surface area contributed by atoms with E-state index in [9.17, 15) is 13.2 Å². The van der Waals surface area contributed by atoms with Crippen LogP contribution in [0.25, 0.3) is 0 Å². The van der Waals surface area contributed by atoms with E-state index in [-0.39, 0.29) is 12.1 Å². The molecule has 2 atom stereocenters. The van der Waals surface area contributed by atoms with Gasteiger partial charge in [-0.25, -0.2) is 0 Å². The molecule has 0 bridgehead atoms. The Morgan fingerprint density at radius 1 is 1.05 bits per heavy atom. The maximum absolute atomic E-state index is 13.2. The summed E-state index contributed by atoms with van der Waals surface area (Å²) in [5.74, 6) is 2.21. The van der Waals surface area contributed by atoms with Crippen molar-refractivity contribution in [1.82, 2.24) is 24.6 Å². The molecule has 1 fully saturated rings. The molecule has 1 aromatic carbocycles. The van der Waals surface area contributed by atoms with Crippen molar-refractivity contribution < 1.29 is 13.2 Å². The zero-order valence-corrected chi connectivity index (χ0v) is 22.3. The Bertz CT molecular complexity index is 1260. The predicted molar refractivity (Wildman–Crippen MR) is 146 cm³/mol. The first-order chi connectivity index (χ1) is 18.8. The number of aliphatic imine (C=N–C) groups is 1. The molecule has 2 aromatic rings. The number of allylic oxidation sites excluding steroid dienone is 2. The molecule has 0 spiro atoms. The van der Waals surface area contributed by atoms with Gasteiger partial charge in [0.05, 0.1) is 23.3 Å². The first-order valence-corrected chi connectivity index (χ1v) is 13.9. The summed E-state index contributed by atoms with van der Waals surface area (Å²) < 4.78 is 39.6. The number of hydrogen-bond donors (Lipinski definition) is 0. The molecule has 0 saturated carbocycles. The van der Waals surface area contributed by atoms with Crippen LogP contribution in [0.5, 0.6) is 0 Å². The number of hydrogen-bond acceptors (Lipinski definition) is 6. The van der Waals surface area contributed by atoms with Crippen LogP contribution in [0.3, 0.4) is 0 Å². The molecule has 1 aromatic heterocycles. The number of benzene rings is 1. The Morgan fingerprint density at radius 2 is 1.85 bits per heavy atom. The molecule has 1 aliphatic carbocycles. The predicted octanol–water partition coefficient (Wildman–Crippen LogP) is 4.72. The average molecular weight is 537 g/mol. The van der Waals surface area contributed by atoms with Crippen LogP contribution in [0.2, 0.25) is 0 Å². The smallest absolute Gasteiger partial charge is 0.355 e. The topological polar surface area (TPSA) is 38.2 Å². The number of likely N-dealkylation sites (N-methyl/N-ethyl adjacent to an activating group) is 1. The van der Waals surface area contributed by atoms with Crippen LogP contribution < -0.4 is 0 Å². The molecule has 6 nitrogen and oxygen atoms in total. The van der Waals surface area contributed by atoms with Crippen LogP contribution in [0.1, 0.15) is 41.3 Å². The van der Waals surface area contributed by atoms with Gasteiger partial charge >= 0.3 is 6.18 Å². The van der Waals surface area contributed by atoms with Crippen LogP contribution in [0.4, 0.5) is 13.2 Å². The third-order valence-corrected chi connectivity index (χ3v) is 8.30. The van der Waals surface area contributed by atoms with Crippen molar-refractivity contribution in [1.29, 1.82) is 0 Å². The van der Waals surface area contributed by atoms with E-state index >= 15 is 0 Å². The highest BCUT2D eigenvalue weighted by Gasteiger charge is 2.35. The van der Waals surface area contributed by atoms with Crippen molar-refractivity contribution in [2.75, 3.05) is 46.3 Å². The number of piperazine rings is 1. The lowest BCUT2D eigenvalue weighted by atomic mass is 9.90. The van der Waals surface area contributed by atoms with Crippen LogP contribution in [-0.4, -0.2) is 82.8 Å². The van der Waals surface area contributed by atoms with Crippen molar-refractivity contribution in [3.8, 4) is 0 Å². The van der Waals surface area contributed by atoms with Gasteiger partial charge in [0, 0.05) is 52.0 Å². The largest absolute Gasteiger partial charge is 0.416 e. The first-order valence-electron chi connectivity index (χ1n) is 13.9. The molecule has 1 unspecified atom stereocenters. The van der Waals surface area contributed by atoms with E-state index in [1.807, 2.05) is 12.3 Å². The maximum atomic E-state index is 13.2. The van der Waals surface area contributed by atoms with Crippen LogP contribution in [0, 0.1) is 0 Å². The fourth-order valence-corrected chi connectivity index (χ4v) is 6.21. The number of fused-ring (bicyclic) bond motifs is 2. The monoisotopic (exact) mass is 536 g/mol. The summed E-state index contributed by atoms with van der Waals surface area (Å²) in [6, 6.07) is 9.90. The Labute approximate surface area is 228 Å². The van der Waals surface area contributed by atoms with Gasteiger partial charge in [0.1, 0.15) is 11.7 Å². The summed E-state index contributed by atoms with van der Waals surface area (Å²) in [6.45, 7) is 6.13. The fraction of sp³-hybridized carbons (Fsp3) is 0.467. The molecular weight excluding hydrogens is 501 g/mol. The number of rotatable bonds is 6. The highest BCUT2D eigenvalue weighted by molar-refractivity contribution is 5.96. The van der Waals surface area contributed by atoms with Crippen molar-refractivity contribution >= 4 is 5.84 Å². The molecule has 6 rings (SSSR count). The summed E-state index contributed by atoms with van der Waals surface area (Å²) in [6.07, 6.45) is 6.93.